The third-order valence-electron chi connectivity index (χ3n) is 4.15. The monoisotopic (exact) mass is 327 g/mol. The van der Waals surface area contributed by atoms with E-state index in [-0.39, 0.29) is 0 Å². The topological polar surface area (TPSA) is 44.5 Å². The van der Waals surface area contributed by atoms with Crippen LogP contribution < -0.4 is 15.2 Å². The van der Waals surface area contributed by atoms with Gasteiger partial charge in [0.1, 0.15) is 0 Å². The molecule has 2 rings (SSSR count). The molecule has 0 fully saturated rings. The Bertz CT molecular complexity index is 584. The second-order valence-corrected chi connectivity index (χ2v) is 6.12. The highest BCUT2D eigenvalue weighted by molar-refractivity contribution is 5.51. The first-order valence-corrected chi connectivity index (χ1v) is 8.90. The molecule has 0 aliphatic carbocycles. The average Bonchev–Trinajstić information content (AvgIpc) is 2.62. The fourth-order valence-electron chi connectivity index (χ4n) is 2.77. The highest BCUT2D eigenvalue weighted by Gasteiger charge is 2.04. The third kappa shape index (κ3) is 6.53. The quantitative estimate of drug-likeness (QED) is 0.453. The Labute approximate surface area is 145 Å². The zero-order chi connectivity index (χ0) is 17.0. The molecule has 24 heavy (non-hydrogen) atoms. The molecule has 0 saturated carbocycles. The van der Waals surface area contributed by atoms with Crippen LogP contribution in [0.15, 0.2) is 48.5 Å². The summed E-state index contributed by atoms with van der Waals surface area (Å²) in [6.07, 6.45) is 8.65. The van der Waals surface area contributed by atoms with E-state index in [0.717, 1.165) is 18.8 Å². The van der Waals surface area contributed by atoms with Gasteiger partial charge in [0.2, 0.25) is 0 Å². The van der Waals surface area contributed by atoms with Crippen molar-refractivity contribution in [3.63, 3.8) is 0 Å². The summed E-state index contributed by atoms with van der Waals surface area (Å²) in [5, 5.41) is 0. The highest BCUT2D eigenvalue weighted by atomic mass is 16.5. The number of methoxy groups -OCH3 is 1. The molecule has 0 spiro atoms. The van der Waals surface area contributed by atoms with E-state index in [2.05, 4.69) is 30.3 Å². The molecule has 0 aliphatic rings. The van der Waals surface area contributed by atoms with E-state index in [1.165, 1.54) is 44.1 Å². The van der Waals surface area contributed by atoms with E-state index in [0.29, 0.717) is 11.4 Å². The lowest BCUT2D eigenvalue weighted by Gasteiger charge is -2.11. The fourth-order valence-corrected chi connectivity index (χ4v) is 2.77. The predicted octanol–water partition coefficient (Wildman–Crippen LogP) is 5.24. The zero-order valence-electron chi connectivity index (χ0n) is 14.7. The molecule has 3 nitrogen and oxygen atoms in total. The molecule has 0 atom stereocenters. The van der Waals surface area contributed by atoms with Gasteiger partial charge in [-0.15, -0.1) is 0 Å². The maximum absolute atomic E-state index is 5.79. The van der Waals surface area contributed by atoms with Crippen LogP contribution in [0.25, 0.3) is 0 Å². The number of hydrogen-bond donors (Lipinski definition) is 1. The van der Waals surface area contributed by atoms with Gasteiger partial charge in [-0.25, -0.2) is 0 Å². The number of nitrogen functional groups attached to an aromatic ring is 1. The summed E-state index contributed by atoms with van der Waals surface area (Å²) in [6, 6.07) is 16.2. The number of rotatable bonds is 11. The van der Waals surface area contributed by atoms with Crippen molar-refractivity contribution in [3.05, 3.63) is 54.1 Å². The normalized spacial score (nSPS) is 10.5. The Morgan fingerprint density at radius 1 is 0.792 bits per heavy atom. The van der Waals surface area contributed by atoms with Crippen molar-refractivity contribution in [3.8, 4) is 11.5 Å². The fraction of sp³-hybridized carbons (Fsp3) is 0.429. The minimum Gasteiger partial charge on any atom is -0.493 e. The molecule has 130 valence electrons. The summed E-state index contributed by atoms with van der Waals surface area (Å²) in [6.45, 7) is 0.726. The van der Waals surface area contributed by atoms with E-state index in [9.17, 15) is 0 Å². The maximum Gasteiger partial charge on any atom is 0.162 e. The van der Waals surface area contributed by atoms with Crippen molar-refractivity contribution >= 4 is 5.69 Å². The number of nitrogens with two attached hydrogens (primary N) is 1. The lowest BCUT2D eigenvalue weighted by Crippen LogP contribution is -2.00. The van der Waals surface area contributed by atoms with Crippen molar-refractivity contribution in [2.45, 2.75) is 44.9 Å². The Hall–Kier alpha value is -2.16. The molecule has 0 aromatic heterocycles. The largest absolute Gasteiger partial charge is 0.493 e. The average molecular weight is 327 g/mol. The summed E-state index contributed by atoms with van der Waals surface area (Å²) in [5.74, 6) is 1.48. The van der Waals surface area contributed by atoms with E-state index >= 15 is 0 Å². The van der Waals surface area contributed by atoms with Crippen LogP contribution in [0.4, 0.5) is 5.69 Å². The van der Waals surface area contributed by atoms with Crippen LogP contribution in [0.5, 0.6) is 11.5 Å². The van der Waals surface area contributed by atoms with E-state index in [4.69, 9.17) is 15.2 Å². The van der Waals surface area contributed by atoms with Gasteiger partial charge in [-0.2, -0.15) is 0 Å². The minimum atomic E-state index is 0.690. The first kappa shape index (κ1) is 18.2. The molecule has 0 aliphatic heterocycles. The SMILES string of the molecule is COc1cc(N)ccc1OCCCCCCCCc1ccccc1. The first-order valence-electron chi connectivity index (χ1n) is 8.90. The Kier molecular flexibility index (Phi) is 8.02. The Morgan fingerprint density at radius 3 is 2.25 bits per heavy atom. The second kappa shape index (κ2) is 10.6. The summed E-state index contributed by atoms with van der Waals surface area (Å²) in [7, 11) is 1.64. The second-order valence-electron chi connectivity index (χ2n) is 6.12. The molecule has 0 unspecified atom stereocenters. The molecule has 0 saturated heterocycles. The van der Waals surface area contributed by atoms with E-state index < -0.39 is 0 Å². The van der Waals surface area contributed by atoms with Gasteiger partial charge in [0.25, 0.3) is 0 Å². The molecule has 0 radical (unpaired) electrons. The Morgan fingerprint density at radius 2 is 1.50 bits per heavy atom. The highest BCUT2D eigenvalue weighted by Crippen LogP contribution is 2.29. The van der Waals surface area contributed by atoms with Crippen LogP contribution in [0, 0.1) is 0 Å². The van der Waals surface area contributed by atoms with Crippen LogP contribution >= 0.6 is 0 Å². The van der Waals surface area contributed by atoms with E-state index in [1.807, 2.05) is 12.1 Å². The number of anilines is 1. The van der Waals surface area contributed by atoms with Crippen LogP contribution in [0.1, 0.15) is 44.1 Å². The third-order valence-corrected chi connectivity index (χ3v) is 4.15. The van der Waals surface area contributed by atoms with Gasteiger partial charge in [-0.3, -0.25) is 0 Å². The van der Waals surface area contributed by atoms with Gasteiger partial charge in [-0.05, 0) is 37.0 Å². The Balaban J connectivity index is 1.50. The van der Waals surface area contributed by atoms with Crippen LogP contribution in [-0.2, 0) is 6.42 Å². The van der Waals surface area contributed by atoms with Crippen molar-refractivity contribution < 1.29 is 9.47 Å². The van der Waals surface area contributed by atoms with Crippen molar-refractivity contribution in [1.82, 2.24) is 0 Å². The predicted molar refractivity (Wildman–Crippen MR) is 101 cm³/mol. The number of aryl methyl sites for hydroxylation is 1. The van der Waals surface area contributed by atoms with Crippen molar-refractivity contribution in [1.29, 1.82) is 0 Å². The molecule has 3 heteroatoms. The van der Waals surface area contributed by atoms with Crippen LogP contribution in [-0.4, -0.2) is 13.7 Å². The summed E-state index contributed by atoms with van der Waals surface area (Å²) >= 11 is 0. The van der Waals surface area contributed by atoms with Crippen LogP contribution in [0.2, 0.25) is 0 Å². The molecule has 0 amide bonds. The number of hydrogen-bond acceptors (Lipinski definition) is 3. The number of unbranched alkanes of at least 4 members (excludes halogenated alkanes) is 5. The first-order chi connectivity index (χ1) is 11.8. The molecule has 0 bridgehead atoms. The molecular formula is C21H29NO2. The zero-order valence-corrected chi connectivity index (χ0v) is 14.7. The lowest BCUT2D eigenvalue weighted by atomic mass is 10.1. The van der Waals surface area contributed by atoms with Gasteiger partial charge in [0.05, 0.1) is 13.7 Å². The van der Waals surface area contributed by atoms with Gasteiger partial charge in [0, 0.05) is 11.8 Å². The van der Waals surface area contributed by atoms with Gasteiger partial charge < -0.3 is 15.2 Å². The molecule has 2 aromatic rings. The van der Waals surface area contributed by atoms with Gasteiger partial charge >= 0.3 is 0 Å². The summed E-state index contributed by atoms with van der Waals surface area (Å²) in [5.41, 5.74) is 7.88. The molecule has 0 heterocycles. The smallest absolute Gasteiger partial charge is 0.162 e. The minimum absolute atomic E-state index is 0.690. The molecular weight excluding hydrogens is 298 g/mol. The number of benzene rings is 2. The standard InChI is InChI=1S/C21H29NO2/c1-23-21-17-19(22)14-15-20(21)24-16-10-5-3-2-4-7-11-18-12-8-6-9-13-18/h6,8-9,12-15,17H,2-5,7,10-11,16,22H2,1H3. The number of ether oxygens (including phenoxy) is 2. The van der Waals surface area contributed by atoms with Gasteiger partial charge in [-0.1, -0.05) is 56.0 Å². The van der Waals surface area contributed by atoms with Crippen LogP contribution in [0.3, 0.4) is 0 Å². The van der Waals surface area contributed by atoms with Gasteiger partial charge in [0.15, 0.2) is 11.5 Å². The lowest BCUT2D eigenvalue weighted by molar-refractivity contribution is 0.285. The van der Waals surface area contributed by atoms with E-state index in [1.54, 1.807) is 13.2 Å². The van der Waals surface area contributed by atoms with Crippen molar-refractivity contribution in [2.24, 2.45) is 0 Å². The summed E-state index contributed by atoms with van der Waals surface area (Å²) < 4.78 is 11.1. The molecule has 2 aromatic carbocycles. The van der Waals surface area contributed by atoms with Crippen molar-refractivity contribution in [2.75, 3.05) is 19.5 Å². The maximum atomic E-state index is 5.79. The summed E-state index contributed by atoms with van der Waals surface area (Å²) in [4.78, 5) is 0. The molecule has 2 N–H and O–H groups in total.